The van der Waals surface area contributed by atoms with E-state index >= 15 is 0 Å². The average molecular weight is 306 g/mol. The summed E-state index contributed by atoms with van der Waals surface area (Å²) < 4.78 is 10.3. The molecule has 21 heavy (non-hydrogen) atoms. The van der Waals surface area contributed by atoms with E-state index < -0.39 is 0 Å². The minimum absolute atomic E-state index is 0.237. The molecule has 0 bridgehead atoms. The molecular weight excluding hydrogens is 288 g/mol. The Balaban J connectivity index is 2.15. The second-order valence-electron chi connectivity index (χ2n) is 4.49. The molecule has 0 unspecified atom stereocenters. The summed E-state index contributed by atoms with van der Waals surface area (Å²) in [6.45, 7) is 2.51. The smallest absolute Gasteiger partial charge is 0.253 e. The van der Waals surface area contributed by atoms with Gasteiger partial charge in [-0.1, -0.05) is 0 Å². The number of rotatable bonds is 5. The normalized spacial score (nSPS) is 10.2. The third-order valence-corrected chi connectivity index (χ3v) is 4.02. The minimum Gasteiger partial charge on any atom is -0.493 e. The number of hydrogen-bond acceptors (Lipinski definition) is 5. The maximum absolute atomic E-state index is 12.2. The van der Waals surface area contributed by atoms with Crippen LogP contribution in [0.15, 0.2) is 24.3 Å². The molecule has 0 aliphatic heterocycles. The molecule has 2 aromatic rings. The first-order valence-corrected chi connectivity index (χ1v) is 7.21. The lowest BCUT2D eigenvalue weighted by atomic mass is 10.1. The molecule has 1 amide bonds. The van der Waals surface area contributed by atoms with E-state index in [0.717, 1.165) is 4.88 Å². The van der Waals surface area contributed by atoms with E-state index in [-0.39, 0.29) is 5.91 Å². The first-order valence-electron chi connectivity index (χ1n) is 6.40. The number of nitrogens with two attached hydrogens (primary N) is 1. The number of carbonyl (C=O) groups is 1. The van der Waals surface area contributed by atoms with Crippen LogP contribution in [0.3, 0.4) is 0 Å². The summed E-state index contributed by atoms with van der Waals surface area (Å²) in [5, 5.41) is 2.85. The van der Waals surface area contributed by atoms with Crippen molar-refractivity contribution in [3.05, 3.63) is 39.6 Å². The van der Waals surface area contributed by atoms with Crippen LogP contribution in [0.4, 0.5) is 5.69 Å². The maximum Gasteiger partial charge on any atom is 0.253 e. The molecule has 0 saturated heterocycles. The molecule has 0 atom stereocenters. The Morgan fingerprint density at radius 1 is 1.24 bits per heavy atom. The number of carbonyl (C=O) groups excluding carboxylic acids is 1. The van der Waals surface area contributed by atoms with Crippen molar-refractivity contribution in [1.82, 2.24) is 5.32 Å². The van der Waals surface area contributed by atoms with Crippen molar-refractivity contribution in [1.29, 1.82) is 0 Å². The highest BCUT2D eigenvalue weighted by atomic mass is 32.1. The lowest BCUT2D eigenvalue weighted by Gasteiger charge is -2.12. The summed E-state index contributed by atoms with van der Waals surface area (Å²) in [7, 11) is 3.04. The van der Waals surface area contributed by atoms with Crippen molar-refractivity contribution in [3.8, 4) is 11.5 Å². The zero-order valence-corrected chi connectivity index (χ0v) is 13.0. The van der Waals surface area contributed by atoms with Gasteiger partial charge in [-0.05, 0) is 25.1 Å². The monoisotopic (exact) mass is 306 g/mol. The molecule has 1 heterocycles. The predicted molar refractivity (Wildman–Crippen MR) is 84.2 cm³/mol. The number of amides is 1. The largest absolute Gasteiger partial charge is 0.493 e. The van der Waals surface area contributed by atoms with E-state index in [2.05, 4.69) is 5.32 Å². The van der Waals surface area contributed by atoms with Crippen LogP contribution in [0.5, 0.6) is 11.5 Å². The highest BCUT2D eigenvalue weighted by Gasteiger charge is 2.15. The van der Waals surface area contributed by atoms with Gasteiger partial charge in [0, 0.05) is 21.5 Å². The molecule has 0 radical (unpaired) electrons. The quantitative estimate of drug-likeness (QED) is 0.833. The lowest BCUT2D eigenvalue weighted by molar-refractivity contribution is 0.0952. The van der Waals surface area contributed by atoms with Gasteiger partial charge in [-0.25, -0.2) is 0 Å². The number of aryl methyl sites for hydroxylation is 1. The number of anilines is 1. The Bertz CT molecular complexity index is 652. The Hall–Kier alpha value is -2.21. The van der Waals surface area contributed by atoms with Crippen molar-refractivity contribution in [2.75, 3.05) is 20.0 Å². The third kappa shape index (κ3) is 3.46. The van der Waals surface area contributed by atoms with Crippen molar-refractivity contribution >= 4 is 22.9 Å². The number of hydrogen-bond donors (Lipinski definition) is 2. The summed E-state index contributed by atoms with van der Waals surface area (Å²) in [4.78, 5) is 14.5. The summed E-state index contributed by atoms with van der Waals surface area (Å²) in [6, 6.07) is 7.20. The number of nitrogen functional groups attached to an aromatic ring is 1. The van der Waals surface area contributed by atoms with Crippen LogP contribution in [0.2, 0.25) is 0 Å². The second kappa shape index (κ2) is 6.49. The molecule has 1 aromatic heterocycles. The maximum atomic E-state index is 12.2. The first kappa shape index (κ1) is 15.2. The second-order valence-corrected chi connectivity index (χ2v) is 5.86. The van der Waals surface area contributed by atoms with Gasteiger partial charge in [0.15, 0.2) is 11.5 Å². The Labute approximate surface area is 127 Å². The zero-order chi connectivity index (χ0) is 15.4. The molecule has 1 aromatic carbocycles. The Morgan fingerprint density at radius 2 is 1.90 bits per heavy atom. The van der Waals surface area contributed by atoms with E-state index in [1.165, 1.54) is 19.1 Å². The SMILES string of the molecule is COc1cc(N)c(C(=O)NCc2ccc(C)s2)cc1OC. The summed E-state index contributed by atoms with van der Waals surface area (Å²) >= 11 is 1.65. The summed E-state index contributed by atoms with van der Waals surface area (Å²) in [5.74, 6) is 0.740. The van der Waals surface area contributed by atoms with Gasteiger partial charge in [-0.3, -0.25) is 4.79 Å². The third-order valence-electron chi connectivity index (χ3n) is 3.02. The van der Waals surface area contributed by atoms with Crippen molar-refractivity contribution in [3.63, 3.8) is 0 Å². The number of methoxy groups -OCH3 is 2. The van der Waals surface area contributed by atoms with Gasteiger partial charge >= 0.3 is 0 Å². The predicted octanol–water partition coefficient (Wildman–Crippen LogP) is 2.59. The van der Waals surface area contributed by atoms with Gasteiger partial charge in [-0.2, -0.15) is 0 Å². The number of thiophene rings is 1. The van der Waals surface area contributed by atoms with Crippen LogP contribution in [-0.4, -0.2) is 20.1 Å². The van der Waals surface area contributed by atoms with Gasteiger partial charge < -0.3 is 20.5 Å². The van der Waals surface area contributed by atoms with Crippen molar-refractivity contribution in [2.45, 2.75) is 13.5 Å². The van der Waals surface area contributed by atoms with Gasteiger partial charge in [0.1, 0.15) is 0 Å². The average Bonchev–Trinajstić information content (AvgIpc) is 2.90. The summed E-state index contributed by atoms with van der Waals surface area (Å²) in [6.07, 6.45) is 0. The van der Waals surface area contributed by atoms with Crippen LogP contribution < -0.4 is 20.5 Å². The fourth-order valence-corrected chi connectivity index (χ4v) is 2.76. The Morgan fingerprint density at radius 3 is 2.48 bits per heavy atom. The molecule has 3 N–H and O–H groups in total. The van der Waals surface area contributed by atoms with Crippen LogP contribution in [0.25, 0.3) is 0 Å². The molecule has 0 spiro atoms. The molecule has 0 saturated carbocycles. The molecule has 112 valence electrons. The van der Waals surface area contributed by atoms with Crippen LogP contribution >= 0.6 is 11.3 Å². The zero-order valence-electron chi connectivity index (χ0n) is 12.2. The van der Waals surface area contributed by atoms with Crippen molar-refractivity contribution in [2.24, 2.45) is 0 Å². The highest BCUT2D eigenvalue weighted by molar-refractivity contribution is 7.11. The lowest BCUT2D eigenvalue weighted by Crippen LogP contribution is -2.23. The fraction of sp³-hybridized carbons (Fsp3) is 0.267. The van der Waals surface area contributed by atoms with E-state index in [4.69, 9.17) is 15.2 Å². The van der Waals surface area contributed by atoms with Gasteiger partial charge in [0.25, 0.3) is 5.91 Å². The van der Waals surface area contributed by atoms with E-state index in [1.54, 1.807) is 23.5 Å². The molecular formula is C15H18N2O3S. The van der Waals surface area contributed by atoms with Gasteiger partial charge in [-0.15, -0.1) is 11.3 Å². The van der Waals surface area contributed by atoms with Crippen LogP contribution in [-0.2, 0) is 6.54 Å². The van der Waals surface area contributed by atoms with Crippen molar-refractivity contribution < 1.29 is 14.3 Å². The van der Waals surface area contributed by atoms with Gasteiger partial charge in [0.2, 0.25) is 0 Å². The van der Waals surface area contributed by atoms with Crippen LogP contribution in [0.1, 0.15) is 20.1 Å². The molecule has 0 aliphatic carbocycles. The summed E-state index contributed by atoms with van der Waals surface area (Å²) in [5.41, 5.74) is 6.63. The van der Waals surface area contributed by atoms with E-state index in [1.807, 2.05) is 19.1 Å². The molecule has 5 nitrogen and oxygen atoms in total. The fourth-order valence-electron chi connectivity index (χ4n) is 1.93. The number of ether oxygens (including phenoxy) is 2. The number of benzene rings is 1. The van der Waals surface area contributed by atoms with Gasteiger partial charge in [0.05, 0.1) is 26.3 Å². The first-order chi connectivity index (χ1) is 10.0. The Kier molecular flexibility index (Phi) is 4.70. The van der Waals surface area contributed by atoms with E-state index in [0.29, 0.717) is 29.3 Å². The molecule has 0 fully saturated rings. The minimum atomic E-state index is -0.237. The van der Waals surface area contributed by atoms with Crippen LogP contribution in [0, 0.1) is 6.92 Å². The molecule has 2 rings (SSSR count). The standard InChI is InChI=1S/C15H18N2O3S/c1-9-4-5-10(21-9)8-17-15(18)11-6-13(19-2)14(20-3)7-12(11)16/h4-7H,8,16H2,1-3H3,(H,17,18). The highest BCUT2D eigenvalue weighted by Crippen LogP contribution is 2.31. The molecule has 6 heteroatoms. The number of nitrogens with one attached hydrogen (secondary N) is 1. The van der Waals surface area contributed by atoms with E-state index in [9.17, 15) is 4.79 Å². The molecule has 0 aliphatic rings. The topological polar surface area (TPSA) is 73.6 Å².